The van der Waals surface area contributed by atoms with Crippen molar-refractivity contribution in [2.45, 2.75) is 18.7 Å². The van der Waals surface area contributed by atoms with E-state index in [1.165, 1.54) is 11.8 Å². The summed E-state index contributed by atoms with van der Waals surface area (Å²) in [6, 6.07) is 11.1. The van der Waals surface area contributed by atoms with E-state index in [2.05, 4.69) is 5.32 Å². The minimum atomic E-state index is -0.497. The summed E-state index contributed by atoms with van der Waals surface area (Å²) in [6.45, 7) is 3.38. The fourth-order valence-electron chi connectivity index (χ4n) is 1.99. The summed E-state index contributed by atoms with van der Waals surface area (Å²) in [5.74, 6) is -0.835. The summed E-state index contributed by atoms with van der Waals surface area (Å²) in [5.41, 5.74) is 2.19. The number of amides is 1. The Balaban J connectivity index is 1.83. The van der Waals surface area contributed by atoms with Crippen LogP contribution in [0, 0.1) is 13.8 Å². The van der Waals surface area contributed by atoms with Gasteiger partial charge in [0, 0.05) is 4.90 Å². The molecule has 2 aromatic carbocycles. The van der Waals surface area contributed by atoms with Gasteiger partial charge in [-0.05, 0) is 37.1 Å². The molecule has 0 radical (unpaired) electrons. The van der Waals surface area contributed by atoms with Gasteiger partial charge in [0.05, 0.1) is 21.5 Å². The summed E-state index contributed by atoms with van der Waals surface area (Å²) in [5, 5.41) is 3.26. The Bertz CT molecular complexity index is 796. The van der Waals surface area contributed by atoms with E-state index >= 15 is 0 Å². The van der Waals surface area contributed by atoms with Crippen molar-refractivity contribution in [1.82, 2.24) is 0 Å². The molecule has 0 saturated heterocycles. The standard InChI is InChI=1S/C18H17Cl2NO3S/c1-11-5-3-4-6-14(11)25-10-16(23)24-9-15(22)21-18-13(19)8-7-12(2)17(18)20/h3-8H,9-10H2,1-2H3,(H,21,22). The number of rotatable bonds is 6. The van der Waals surface area contributed by atoms with Crippen LogP contribution in [0.3, 0.4) is 0 Å². The summed E-state index contributed by atoms with van der Waals surface area (Å²) >= 11 is 13.5. The molecule has 0 aliphatic carbocycles. The summed E-state index contributed by atoms with van der Waals surface area (Å²) in [7, 11) is 0. The number of hydrogen-bond acceptors (Lipinski definition) is 4. The minimum Gasteiger partial charge on any atom is -0.455 e. The zero-order chi connectivity index (χ0) is 18.4. The van der Waals surface area contributed by atoms with Crippen LogP contribution in [0.1, 0.15) is 11.1 Å². The van der Waals surface area contributed by atoms with Crippen molar-refractivity contribution in [2.75, 3.05) is 17.7 Å². The van der Waals surface area contributed by atoms with Crippen molar-refractivity contribution < 1.29 is 14.3 Å². The van der Waals surface area contributed by atoms with Crippen molar-refractivity contribution in [1.29, 1.82) is 0 Å². The topological polar surface area (TPSA) is 55.4 Å². The van der Waals surface area contributed by atoms with E-state index in [0.29, 0.717) is 15.7 Å². The second kappa shape index (κ2) is 9.13. The zero-order valence-corrected chi connectivity index (χ0v) is 16.1. The average Bonchev–Trinajstić information content (AvgIpc) is 2.59. The monoisotopic (exact) mass is 397 g/mol. The Hall–Kier alpha value is -1.69. The van der Waals surface area contributed by atoms with Crippen LogP contribution >= 0.6 is 35.0 Å². The van der Waals surface area contributed by atoms with E-state index in [1.54, 1.807) is 19.1 Å². The third-order valence-electron chi connectivity index (χ3n) is 3.35. The summed E-state index contributed by atoms with van der Waals surface area (Å²) in [6.07, 6.45) is 0. The number of anilines is 1. The predicted octanol–water partition coefficient (Wildman–Crippen LogP) is 4.88. The number of thioether (sulfide) groups is 1. The van der Waals surface area contributed by atoms with Gasteiger partial charge in [-0.3, -0.25) is 9.59 Å². The van der Waals surface area contributed by atoms with Gasteiger partial charge in [-0.25, -0.2) is 0 Å². The largest absolute Gasteiger partial charge is 0.455 e. The smallest absolute Gasteiger partial charge is 0.316 e. The van der Waals surface area contributed by atoms with Crippen molar-refractivity contribution in [3.05, 3.63) is 57.6 Å². The molecular formula is C18H17Cl2NO3S. The lowest BCUT2D eigenvalue weighted by atomic mass is 10.2. The van der Waals surface area contributed by atoms with Gasteiger partial charge in [-0.15, -0.1) is 11.8 Å². The number of hydrogen-bond donors (Lipinski definition) is 1. The van der Waals surface area contributed by atoms with Crippen LogP contribution < -0.4 is 5.32 Å². The Morgan fingerprint density at radius 2 is 1.80 bits per heavy atom. The first kappa shape index (κ1) is 19.6. The van der Waals surface area contributed by atoms with Crippen molar-refractivity contribution in [3.8, 4) is 0 Å². The molecule has 2 aromatic rings. The lowest BCUT2D eigenvalue weighted by Gasteiger charge is -2.11. The highest BCUT2D eigenvalue weighted by Gasteiger charge is 2.14. The number of benzene rings is 2. The van der Waals surface area contributed by atoms with Crippen LogP contribution in [-0.2, 0) is 14.3 Å². The van der Waals surface area contributed by atoms with Crippen LogP contribution in [-0.4, -0.2) is 24.2 Å². The number of esters is 1. The molecule has 4 nitrogen and oxygen atoms in total. The van der Waals surface area contributed by atoms with E-state index in [9.17, 15) is 9.59 Å². The molecule has 0 spiro atoms. The maximum absolute atomic E-state index is 11.9. The normalized spacial score (nSPS) is 10.4. The first-order valence-electron chi connectivity index (χ1n) is 7.47. The number of ether oxygens (including phenoxy) is 1. The van der Waals surface area contributed by atoms with Crippen molar-refractivity contribution in [2.24, 2.45) is 0 Å². The average molecular weight is 398 g/mol. The third-order valence-corrected chi connectivity index (χ3v) is 5.30. The van der Waals surface area contributed by atoms with Crippen LogP contribution in [0.4, 0.5) is 5.69 Å². The molecule has 1 amide bonds. The molecule has 0 unspecified atom stereocenters. The number of halogens is 2. The quantitative estimate of drug-likeness (QED) is 0.557. The maximum Gasteiger partial charge on any atom is 0.316 e. The molecule has 0 aliphatic heterocycles. The fourth-order valence-corrected chi connectivity index (χ4v) is 3.28. The van der Waals surface area contributed by atoms with Crippen molar-refractivity contribution in [3.63, 3.8) is 0 Å². The lowest BCUT2D eigenvalue weighted by molar-refractivity contribution is -0.144. The molecule has 1 N–H and O–H groups in total. The lowest BCUT2D eigenvalue weighted by Crippen LogP contribution is -2.22. The van der Waals surface area contributed by atoms with Crippen molar-refractivity contribution >= 4 is 52.5 Å². The minimum absolute atomic E-state index is 0.129. The first-order valence-corrected chi connectivity index (χ1v) is 9.21. The van der Waals surface area contributed by atoms with E-state index in [4.69, 9.17) is 27.9 Å². The number of nitrogens with one attached hydrogen (secondary N) is 1. The van der Waals surface area contributed by atoms with E-state index in [1.807, 2.05) is 31.2 Å². The van der Waals surface area contributed by atoms with Gasteiger partial charge < -0.3 is 10.1 Å². The Morgan fingerprint density at radius 1 is 1.08 bits per heavy atom. The third kappa shape index (κ3) is 5.66. The SMILES string of the molecule is Cc1ccccc1SCC(=O)OCC(=O)Nc1c(Cl)ccc(C)c1Cl. The Morgan fingerprint density at radius 3 is 2.52 bits per heavy atom. The van der Waals surface area contributed by atoms with Gasteiger partial charge in [0.2, 0.25) is 0 Å². The van der Waals surface area contributed by atoms with E-state index < -0.39 is 18.5 Å². The van der Waals surface area contributed by atoms with Gasteiger partial charge in [-0.2, -0.15) is 0 Å². The second-order valence-corrected chi connectivity index (χ2v) is 7.12. The molecule has 0 atom stereocenters. The highest BCUT2D eigenvalue weighted by molar-refractivity contribution is 8.00. The van der Waals surface area contributed by atoms with Gasteiger partial charge in [0.1, 0.15) is 0 Å². The molecule has 2 rings (SSSR count). The molecule has 0 aliphatic rings. The second-order valence-electron chi connectivity index (χ2n) is 5.32. The summed E-state index contributed by atoms with van der Waals surface area (Å²) in [4.78, 5) is 24.7. The van der Waals surface area contributed by atoms with Crippen LogP contribution in [0.15, 0.2) is 41.3 Å². The van der Waals surface area contributed by atoms with E-state index in [-0.39, 0.29) is 5.75 Å². The first-order chi connectivity index (χ1) is 11.9. The number of aryl methyl sites for hydroxylation is 2. The van der Waals surface area contributed by atoms with Crippen LogP contribution in [0.25, 0.3) is 0 Å². The molecule has 132 valence electrons. The fraction of sp³-hybridized carbons (Fsp3) is 0.222. The molecule has 25 heavy (non-hydrogen) atoms. The molecule has 0 saturated carbocycles. The van der Waals surface area contributed by atoms with Gasteiger partial charge in [-0.1, -0.05) is 47.5 Å². The van der Waals surface area contributed by atoms with E-state index in [0.717, 1.165) is 16.0 Å². The van der Waals surface area contributed by atoms with Crippen LogP contribution in [0.2, 0.25) is 10.0 Å². The maximum atomic E-state index is 11.9. The molecule has 0 heterocycles. The summed E-state index contributed by atoms with van der Waals surface area (Å²) < 4.78 is 4.99. The highest BCUT2D eigenvalue weighted by Crippen LogP contribution is 2.32. The predicted molar refractivity (Wildman–Crippen MR) is 103 cm³/mol. The molecule has 0 bridgehead atoms. The van der Waals surface area contributed by atoms with Gasteiger partial charge in [0.25, 0.3) is 5.91 Å². The Kier molecular flexibility index (Phi) is 7.17. The zero-order valence-electron chi connectivity index (χ0n) is 13.8. The molecule has 0 fully saturated rings. The molecule has 0 aromatic heterocycles. The molecular weight excluding hydrogens is 381 g/mol. The van der Waals surface area contributed by atoms with Gasteiger partial charge >= 0.3 is 5.97 Å². The number of carbonyl (C=O) groups is 2. The van der Waals surface area contributed by atoms with Gasteiger partial charge in [0.15, 0.2) is 6.61 Å². The highest BCUT2D eigenvalue weighted by atomic mass is 35.5. The number of carbonyl (C=O) groups excluding carboxylic acids is 2. The van der Waals surface area contributed by atoms with Crippen LogP contribution in [0.5, 0.6) is 0 Å². The molecule has 7 heteroatoms. The Labute approximate surface area is 160 Å².